The van der Waals surface area contributed by atoms with Gasteiger partial charge in [-0.15, -0.1) is 0 Å². The topological polar surface area (TPSA) is 71.3 Å². The Labute approximate surface area is 161 Å². The molecule has 0 fully saturated rings. The second-order valence-electron chi connectivity index (χ2n) is 6.67. The van der Waals surface area contributed by atoms with Crippen LogP contribution in [0.15, 0.2) is 59.6 Å². The van der Waals surface area contributed by atoms with Crippen molar-refractivity contribution < 1.29 is 19.7 Å². The molecule has 2 N–H and O–H groups in total. The molecule has 28 heavy (non-hydrogen) atoms. The number of aromatic hydroxyl groups is 2. The average Bonchev–Trinajstić information content (AvgIpc) is 3.26. The van der Waals surface area contributed by atoms with E-state index in [-0.39, 0.29) is 11.5 Å². The van der Waals surface area contributed by atoms with Gasteiger partial charge in [0.2, 0.25) is 0 Å². The van der Waals surface area contributed by atoms with Crippen molar-refractivity contribution >= 4 is 23.0 Å². The first-order valence-corrected chi connectivity index (χ1v) is 8.91. The molecule has 0 saturated heterocycles. The molecule has 5 heteroatoms. The van der Waals surface area contributed by atoms with E-state index in [4.69, 9.17) is 9.47 Å². The number of rotatable bonds is 4. The van der Waals surface area contributed by atoms with Crippen molar-refractivity contribution in [2.24, 2.45) is 4.99 Å². The molecule has 0 amide bonds. The van der Waals surface area contributed by atoms with Gasteiger partial charge in [-0.1, -0.05) is 30.3 Å². The number of ether oxygens (including phenoxy) is 2. The van der Waals surface area contributed by atoms with Gasteiger partial charge in [-0.05, 0) is 35.9 Å². The predicted octanol–water partition coefficient (Wildman–Crippen LogP) is 4.67. The Kier molecular flexibility index (Phi) is 3.62. The molecule has 1 aliphatic heterocycles. The van der Waals surface area contributed by atoms with Crippen molar-refractivity contribution in [2.75, 3.05) is 7.11 Å². The van der Waals surface area contributed by atoms with Crippen molar-refractivity contribution in [1.82, 2.24) is 0 Å². The van der Waals surface area contributed by atoms with Crippen molar-refractivity contribution in [2.45, 2.75) is 6.61 Å². The summed E-state index contributed by atoms with van der Waals surface area (Å²) in [5, 5.41) is 21.1. The van der Waals surface area contributed by atoms with Crippen LogP contribution in [0.4, 0.5) is 5.69 Å². The lowest BCUT2D eigenvalue weighted by Gasteiger charge is -2.11. The number of phenolic OH excluding ortho intramolecular Hbond substituents is 2. The lowest BCUT2D eigenvalue weighted by Crippen LogP contribution is -2.00. The molecule has 3 aromatic carbocycles. The van der Waals surface area contributed by atoms with E-state index >= 15 is 0 Å². The summed E-state index contributed by atoms with van der Waals surface area (Å²) >= 11 is 0. The van der Waals surface area contributed by atoms with Gasteiger partial charge in [0.25, 0.3) is 0 Å². The van der Waals surface area contributed by atoms with E-state index in [1.165, 1.54) is 0 Å². The summed E-state index contributed by atoms with van der Waals surface area (Å²) in [7, 11) is 1.58. The highest BCUT2D eigenvalue weighted by atomic mass is 16.5. The molecule has 1 aliphatic carbocycles. The Morgan fingerprint density at radius 1 is 0.893 bits per heavy atom. The molecule has 0 saturated carbocycles. The fourth-order valence-electron chi connectivity index (χ4n) is 3.70. The van der Waals surface area contributed by atoms with Gasteiger partial charge < -0.3 is 19.7 Å². The Morgan fingerprint density at radius 3 is 2.46 bits per heavy atom. The van der Waals surface area contributed by atoms with Crippen molar-refractivity contribution in [3.05, 3.63) is 76.9 Å². The summed E-state index contributed by atoms with van der Waals surface area (Å²) in [5.74, 6) is 1.22. The minimum absolute atomic E-state index is 0.0460. The predicted molar refractivity (Wildman–Crippen MR) is 108 cm³/mol. The molecule has 0 radical (unpaired) electrons. The van der Waals surface area contributed by atoms with E-state index in [1.807, 2.05) is 42.5 Å². The largest absolute Gasteiger partial charge is 0.507 e. The Balaban J connectivity index is 1.53. The summed E-state index contributed by atoms with van der Waals surface area (Å²) in [6.07, 6.45) is 1.83. The monoisotopic (exact) mass is 371 g/mol. The molecule has 138 valence electrons. The van der Waals surface area contributed by atoms with Crippen LogP contribution in [0.5, 0.6) is 23.0 Å². The smallest absolute Gasteiger partial charge is 0.167 e. The van der Waals surface area contributed by atoms with Crippen LogP contribution in [0.2, 0.25) is 0 Å². The van der Waals surface area contributed by atoms with Gasteiger partial charge in [0.05, 0.1) is 29.6 Å². The van der Waals surface area contributed by atoms with Crippen LogP contribution in [0, 0.1) is 0 Å². The molecular weight excluding hydrogens is 354 g/mol. The Morgan fingerprint density at radius 2 is 1.68 bits per heavy atom. The molecule has 0 spiro atoms. The summed E-state index contributed by atoms with van der Waals surface area (Å²) in [6, 6.07) is 16.6. The first kappa shape index (κ1) is 16.4. The van der Waals surface area contributed by atoms with Gasteiger partial charge in [0, 0.05) is 11.1 Å². The van der Waals surface area contributed by atoms with Crippen molar-refractivity contribution in [3.63, 3.8) is 0 Å². The number of benzene rings is 3. The van der Waals surface area contributed by atoms with Gasteiger partial charge >= 0.3 is 0 Å². The third kappa shape index (κ3) is 2.36. The van der Waals surface area contributed by atoms with Crippen molar-refractivity contribution in [1.29, 1.82) is 0 Å². The maximum atomic E-state index is 10.9. The van der Waals surface area contributed by atoms with E-state index in [0.717, 1.165) is 16.7 Å². The number of hydrogen-bond donors (Lipinski definition) is 2. The van der Waals surface area contributed by atoms with Crippen LogP contribution in [0.25, 0.3) is 11.6 Å². The highest BCUT2D eigenvalue weighted by Gasteiger charge is 2.35. The van der Waals surface area contributed by atoms with Crippen LogP contribution in [-0.4, -0.2) is 23.0 Å². The minimum Gasteiger partial charge on any atom is -0.507 e. The maximum absolute atomic E-state index is 10.9. The van der Waals surface area contributed by atoms with E-state index in [0.29, 0.717) is 40.6 Å². The van der Waals surface area contributed by atoms with Crippen LogP contribution < -0.4 is 9.47 Å². The van der Waals surface area contributed by atoms with Crippen LogP contribution in [0.3, 0.4) is 0 Å². The number of methoxy groups -OCH3 is 1. The van der Waals surface area contributed by atoms with E-state index in [1.54, 1.807) is 25.3 Å². The summed E-state index contributed by atoms with van der Waals surface area (Å²) in [6.45, 7) is 0.356. The third-order valence-electron chi connectivity index (χ3n) is 5.04. The molecule has 0 bridgehead atoms. The summed E-state index contributed by atoms with van der Waals surface area (Å²) in [4.78, 5) is 4.67. The first-order chi connectivity index (χ1) is 13.7. The normalized spacial score (nSPS) is 13.3. The number of phenols is 2. The fourth-order valence-corrected chi connectivity index (χ4v) is 3.70. The standard InChI is InChI=1S/C23H17NO4/c1-27-18-10-8-17(25)14-11-15-20-16(24-22(15)21(14)18)7-9-19(23(20)26)28-12-13-5-3-2-4-6-13/h2-11,25-26H,12H2,1H3. The summed E-state index contributed by atoms with van der Waals surface area (Å²) in [5.41, 5.74) is 5.12. The highest BCUT2D eigenvalue weighted by molar-refractivity contribution is 6.44. The van der Waals surface area contributed by atoms with Crippen LogP contribution in [-0.2, 0) is 6.61 Å². The summed E-state index contributed by atoms with van der Waals surface area (Å²) < 4.78 is 11.3. The lowest BCUT2D eigenvalue weighted by atomic mass is 10.0. The highest BCUT2D eigenvalue weighted by Crippen LogP contribution is 2.52. The SMILES string of the molecule is COc1ccc(O)c2c1C1=Nc3ccc(OCc4ccccc4)c(O)c3C1=C2. The molecule has 1 heterocycles. The lowest BCUT2D eigenvalue weighted by molar-refractivity contribution is 0.289. The molecule has 0 aromatic heterocycles. The number of allylic oxidation sites excluding steroid dienone is 1. The third-order valence-corrected chi connectivity index (χ3v) is 5.04. The van der Waals surface area contributed by atoms with E-state index < -0.39 is 0 Å². The minimum atomic E-state index is 0.0460. The van der Waals surface area contributed by atoms with Gasteiger partial charge in [-0.25, -0.2) is 4.99 Å². The second kappa shape index (κ2) is 6.16. The Bertz CT molecular complexity index is 1160. The molecule has 2 aliphatic rings. The zero-order chi connectivity index (χ0) is 19.3. The van der Waals surface area contributed by atoms with E-state index in [2.05, 4.69) is 4.99 Å². The van der Waals surface area contributed by atoms with Gasteiger partial charge in [-0.3, -0.25) is 0 Å². The Hall–Kier alpha value is -3.73. The van der Waals surface area contributed by atoms with Crippen LogP contribution >= 0.6 is 0 Å². The van der Waals surface area contributed by atoms with Gasteiger partial charge in [-0.2, -0.15) is 0 Å². The van der Waals surface area contributed by atoms with Gasteiger partial charge in [0.15, 0.2) is 11.5 Å². The number of hydrogen-bond acceptors (Lipinski definition) is 5. The number of nitrogens with zero attached hydrogens (tertiary/aromatic N) is 1. The van der Waals surface area contributed by atoms with Crippen molar-refractivity contribution in [3.8, 4) is 23.0 Å². The first-order valence-electron chi connectivity index (χ1n) is 8.91. The zero-order valence-electron chi connectivity index (χ0n) is 15.1. The number of aliphatic imine (C=N–C) groups is 1. The molecule has 3 aromatic rings. The number of fused-ring (bicyclic) bond motifs is 5. The quantitative estimate of drug-likeness (QED) is 0.699. The molecule has 5 nitrogen and oxygen atoms in total. The fraction of sp³-hybridized carbons (Fsp3) is 0.0870. The average molecular weight is 371 g/mol. The molecular formula is C23H17NO4. The second-order valence-corrected chi connectivity index (χ2v) is 6.67. The molecule has 5 rings (SSSR count). The van der Waals surface area contributed by atoms with Crippen LogP contribution in [0.1, 0.15) is 22.3 Å². The maximum Gasteiger partial charge on any atom is 0.167 e. The molecule has 0 atom stereocenters. The zero-order valence-corrected chi connectivity index (χ0v) is 15.1. The molecule has 0 unspecified atom stereocenters. The van der Waals surface area contributed by atoms with Gasteiger partial charge in [0.1, 0.15) is 18.1 Å². The van der Waals surface area contributed by atoms with E-state index in [9.17, 15) is 10.2 Å².